The summed E-state index contributed by atoms with van der Waals surface area (Å²) in [5, 5.41) is 8.89. The van der Waals surface area contributed by atoms with Gasteiger partial charge in [-0.05, 0) is 42.5 Å². The minimum absolute atomic E-state index is 0.223. The van der Waals surface area contributed by atoms with Crippen molar-refractivity contribution < 1.29 is 19.1 Å². The van der Waals surface area contributed by atoms with Crippen LogP contribution in [0.15, 0.2) is 48.5 Å². The molecule has 2 aromatic rings. The number of rotatable bonds is 5. The number of esters is 1. The van der Waals surface area contributed by atoms with Crippen LogP contribution in [0.3, 0.4) is 0 Å². The van der Waals surface area contributed by atoms with E-state index in [0.29, 0.717) is 31.7 Å². The minimum Gasteiger partial charge on any atom is -0.497 e. The van der Waals surface area contributed by atoms with Crippen molar-refractivity contribution in [1.29, 1.82) is 5.26 Å². The van der Waals surface area contributed by atoms with Crippen molar-refractivity contribution in [3.63, 3.8) is 0 Å². The Bertz CT molecular complexity index is 881. The lowest BCUT2D eigenvalue weighted by Gasteiger charge is -2.36. The van der Waals surface area contributed by atoms with Gasteiger partial charge in [-0.1, -0.05) is 6.07 Å². The van der Waals surface area contributed by atoms with Crippen LogP contribution in [0.25, 0.3) is 0 Å². The lowest BCUT2D eigenvalue weighted by Crippen LogP contribution is -2.49. The summed E-state index contributed by atoms with van der Waals surface area (Å²) in [6, 6.07) is 16.0. The number of methoxy groups -OCH3 is 1. The Morgan fingerprint density at radius 2 is 1.79 bits per heavy atom. The number of anilines is 1. The molecule has 144 valence electrons. The zero-order chi connectivity index (χ0) is 19.9. The highest BCUT2D eigenvalue weighted by atomic mass is 16.5. The molecule has 0 N–H and O–H groups in total. The highest BCUT2D eigenvalue weighted by Gasteiger charge is 2.22. The van der Waals surface area contributed by atoms with Gasteiger partial charge in [-0.2, -0.15) is 5.26 Å². The van der Waals surface area contributed by atoms with E-state index in [1.165, 1.54) is 6.07 Å². The summed E-state index contributed by atoms with van der Waals surface area (Å²) in [5.41, 5.74) is 1.71. The minimum atomic E-state index is -0.609. The summed E-state index contributed by atoms with van der Waals surface area (Å²) in [4.78, 5) is 28.3. The Balaban J connectivity index is 1.48. The SMILES string of the molecule is COc1ccc(N2CCN(C(=O)COC(=O)c3cccc(C#N)c3)CC2)cc1. The van der Waals surface area contributed by atoms with Crippen molar-refractivity contribution >= 4 is 17.6 Å². The van der Waals surface area contributed by atoms with E-state index < -0.39 is 5.97 Å². The fourth-order valence-electron chi connectivity index (χ4n) is 3.02. The van der Waals surface area contributed by atoms with Gasteiger partial charge in [-0.25, -0.2) is 4.79 Å². The topological polar surface area (TPSA) is 82.9 Å². The number of carbonyl (C=O) groups is 2. The first-order chi connectivity index (χ1) is 13.6. The number of benzene rings is 2. The Kier molecular flexibility index (Phi) is 6.12. The first-order valence-electron chi connectivity index (χ1n) is 8.95. The maximum Gasteiger partial charge on any atom is 0.338 e. The molecule has 0 spiro atoms. The third-order valence-corrected chi connectivity index (χ3v) is 4.62. The Hall–Kier alpha value is -3.53. The van der Waals surface area contributed by atoms with Gasteiger partial charge in [0.15, 0.2) is 6.61 Å². The van der Waals surface area contributed by atoms with Crippen molar-refractivity contribution in [3.05, 3.63) is 59.7 Å². The van der Waals surface area contributed by atoms with Gasteiger partial charge in [0.25, 0.3) is 5.91 Å². The molecular formula is C21H21N3O4. The van der Waals surface area contributed by atoms with Crippen LogP contribution >= 0.6 is 0 Å². The van der Waals surface area contributed by atoms with Crippen LogP contribution < -0.4 is 9.64 Å². The van der Waals surface area contributed by atoms with E-state index in [4.69, 9.17) is 14.7 Å². The fraction of sp³-hybridized carbons (Fsp3) is 0.286. The standard InChI is InChI=1S/C21H21N3O4/c1-27-19-7-5-18(6-8-19)23-9-11-24(12-10-23)20(25)15-28-21(26)17-4-2-3-16(13-17)14-22/h2-8,13H,9-12,15H2,1H3. The molecule has 1 amide bonds. The quantitative estimate of drug-likeness (QED) is 0.740. The molecule has 0 radical (unpaired) electrons. The summed E-state index contributed by atoms with van der Waals surface area (Å²) < 4.78 is 10.3. The van der Waals surface area contributed by atoms with E-state index in [1.807, 2.05) is 30.3 Å². The largest absolute Gasteiger partial charge is 0.497 e. The summed E-state index contributed by atoms with van der Waals surface area (Å²) in [5.74, 6) is -0.0267. The molecule has 0 atom stereocenters. The molecule has 0 bridgehead atoms. The molecule has 0 aliphatic carbocycles. The first-order valence-corrected chi connectivity index (χ1v) is 8.95. The van der Waals surface area contributed by atoms with E-state index in [0.717, 1.165) is 11.4 Å². The molecule has 7 heteroatoms. The zero-order valence-electron chi connectivity index (χ0n) is 15.6. The van der Waals surface area contributed by atoms with Crippen LogP contribution in [0.5, 0.6) is 5.75 Å². The van der Waals surface area contributed by atoms with E-state index >= 15 is 0 Å². The van der Waals surface area contributed by atoms with Gasteiger partial charge in [0.2, 0.25) is 0 Å². The number of nitriles is 1. The Morgan fingerprint density at radius 1 is 1.07 bits per heavy atom. The molecular weight excluding hydrogens is 358 g/mol. The molecule has 0 unspecified atom stereocenters. The van der Waals surface area contributed by atoms with Crippen LogP contribution in [-0.2, 0) is 9.53 Å². The second-order valence-corrected chi connectivity index (χ2v) is 6.33. The number of amides is 1. The molecule has 3 rings (SSSR count). The van der Waals surface area contributed by atoms with Gasteiger partial charge in [-0.3, -0.25) is 4.79 Å². The molecule has 1 saturated heterocycles. The molecule has 1 aliphatic heterocycles. The molecule has 2 aromatic carbocycles. The van der Waals surface area contributed by atoms with Crippen molar-refractivity contribution in [1.82, 2.24) is 4.90 Å². The average Bonchev–Trinajstić information content (AvgIpc) is 2.77. The molecule has 1 fully saturated rings. The van der Waals surface area contributed by atoms with Gasteiger partial charge in [0.05, 0.1) is 24.3 Å². The maximum atomic E-state index is 12.3. The summed E-state index contributed by atoms with van der Waals surface area (Å²) in [6.07, 6.45) is 0. The van der Waals surface area contributed by atoms with Crippen molar-refractivity contribution in [2.45, 2.75) is 0 Å². The first kappa shape index (κ1) is 19.2. The van der Waals surface area contributed by atoms with Crippen molar-refractivity contribution in [2.24, 2.45) is 0 Å². The third kappa shape index (κ3) is 4.60. The van der Waals surface area contributed by atoms with Crippen LogP contribution in [0.4, 0.5) is 5.69 Å². The van der Waals surface area contributed by atoms with E-state index in [1.54, 1.807) is 30.2 Å². The van der Waals surface area contributed by atoms with Crippen molar-refractivity contribution in [3.8, 4) is 11.8 Å². The molecule has 1 aliphatic rings. The second-order valence-electron chi connectivity index (χ2n) is 6.33. The van der Waals surface area contributed by atoms with E-state index in [2.05, 4.69) is 4.90 Å². The Labute approximate surface area is 163 Å². The lowest BCUT2D eigenvalue weighted by atomic mass is 10.1. The number of piperazine rings is 1. The van der Waals surface area contributed by atoms with Crippen LogP contribution in [0, 0.1) is 11.3 Å². The smallest absolute Gasteiger partial charge is 0.338 e. The molecule has 28 heavy (non-hydrogen) atoms. The molecule has 0 saturated carbocycles. The van der Waals surface area contributed by atoms with E-state index in [9.17, 15) is 9.59 Å². The molecule has 1 heterocycles. The van der Waals surface area contributed by atoms with Crippen LogP contribution in [-0.4, -0.2) is 56.7 Å². The van der Waals surface area contributed by atoms with Crippen LogP contribution in [0.2, 0.25) is 0 Å². The number of nitrogens with zero attached hydrogens (tertiary/aromatic N) is 3. The predicted octanol–water partition coefficient (Wildman–Crippen LogP) is 2.07. The van der Waals surface area contributed by atoms with Gasteiger partial charge >= 0.3 is 5.97 Å². The highest BCUT2D eigenvalue weighted by molar-refractivity contribution is 5.91. The second kappa shape index (κ2) is 8.91. The van der Waals surface area contributed by atoms with Crippen LogP contribution in [0.1, 0.15) is 15.9 Å². The normalized spacial score (nSPS) is 13.6. The van der Waals surface area contributed by atoms with Crippen molar-refractivity contribution in [2.75, 3.05) is 44.8 Å². The van der Waals surface area contributed by atoms with Gasteiger partial charge in [0, 0.05) is 31.9 Å². The summed E-state index contributed by atoms with van der Waals surface area (Å²) >= 11 is 0. The highest BCUT2D eigenvalue weighted by Crippen LogP contribution is 2.20. The maximum absolute atomic E-state index is 12.3. The third-order valence-electron chi connectivity index (χ3n) is 4.62. The Morgan fingerprint density at radius 3 is 2.43 bits per heavy atom. The predicted molar refractivity (Wildman–Crippen MR) is 103 cm³/mol. The number of carbonyl (C=O) groups excluding carboxylic acids is 2. The van der Waals surface area contributed by atoms with E-state index in [-0.39, 0.29) is 18.1 Å². The van der Waals surface area contributed by atoms with Gasteiger partial charge in [0.1, 0.15) is 5.75 Å². The van der Waals surface area contributed by atoms with Gasteiger partial charge in [-0.15, -0.1) is 0 Å². The van der Waals surface area contributed by atoms with Gasteiger partial charge < -0.3 is 19.3 Å². The fourth-order valence-corrected chi connectivity index (χ4v) is 3.02. The molecule has 7 nitrogen and oxygen atoms in total. The summed E-state index contributed by atoms with van der Waals surface area (Å²) in [6.45, 7) is 2.23. The number of ether oxygens (including phenoxy) is 2. The average molecular weight is 379 g/mol. The number of hydrogen-bond acceptors (Lipinski definition) is 6. The monoisotopic (exact) mass is 379 g/mol. The lowest BCUT2D eigenvalue weighted by molar-refractivity contribution is -0.134. The molecule has 0 aromatic heterocycles. The zero-order valence-corrected chi connectivity index (χ0v) is 15.6. The summed E-state index contributed by atoms with van der Waals surface area (Å²) in [7, 11) is 1.63. The number of hydrogen-bond donors (Lipinski definition) is 0.